The Morgan fingerprint density at radius 1 is 0.842 bits per heavy atom. The standard InChI is InChI=1S/C31H25N3O2S2/c1-21-10-16-25(17-11-21)38-28-19-18-27(36-28)30-29(26-9-5-6-20-32-26)33-31(37)34(30)22-12-14-24(15-13-22)35-23-7-3-2-4-8-23/h2-20,29-30H,1H3,(H,33,37)/t29-,30+/m1/s1. The molecule has 2 aromatic heterocycles. The number of para-hydroxylation sites is 1. The van der Waals surface area contributed by atoms with Crippen LogP contribution in [0.15, 0.2) is 130 Å². The molecule has 5 aromatic rings. The summed E-state index contributed by atoms with van der Waals surface area (Å²) in [6.45, 7) is 2.09. The van der Waals surface area contributed by atoms with Gasteiger partial charge in [0.25, 0.3) is 0 Å². The molecule has 7 heteroatoms. The monoisotopic (exact) mass is 535 g/mol. The number of rotatable bonds is 7. The maximum atomic E-state index is 6.43. The number of hydrogen-bond acceptors (Lipinski definition) is 5. The number of nitrogens with one attached hydrogen (secondary N) is 1. The van der Waals surface area contributed by atoms with Gasteiger partial charge in [-0.2, -0.15) is 0 Å². The first kappa shape index (κ1) is 24.3. The van der Waals surface area contributed by atoms with Crippen LogP contribution in [0.5, 0.6) is 11.5 Å². The van der Waals surface area contributed by atoms with Gasteiger partial charge in [0, 0.05) is 16.8 Å². The summed E-state index contributed by atoms with van der Waals surface area (Å²) in [6.07, 6.45) is 1.80. The molecule has 0 radical (unpaired) electrons. The van der Waals surface area contributed by atoms with E-state index in [0.717, 1.165) is 38.6 Å². The van der Waals surface area contributed by atoms with Crippen LogP contribution in [-0.2, 0) is 0 Å². The van der Waals surface area contributed by atoms with E-state index in [4.69, 9.17) is 21.4 Å². The van der Waals surface area contributed by atoms with E-state index in [9.17, 15) is 0 Å². The highest BCUT2D eigenvalue weighted by molar-refractivity contribution is 7.99. The molecule has 5 nitrogen and oxygen atoms in total. The summed E-state index contributed by atoms with van der Waals surface area (Å²) < 4.78 is 12.4. The molecule has 1 aliphatic heterocycles. The van der Waals surface area contributed by atoms with Gasteiger partial charge in [0.2, 0.25) is 0 Å². The average molecular weight is 536 g/mol. The molecule has 38 heavy (non-hydrogen) atoms. The lowest BCUT2D eigenvalue weighted by atomic mass is 10.0. The summed E-state index contributed by atoms with van der Waals surface area (Å²) in [6, 6.07) is 35.7. The van der Waals surface area contributed by atoms with Crippen LogP contribution in [0.3, 0.4) is 0 Å². The molecule has 1 fully saturated rings. The zero-order chi connectivity index (χ0) is 25.9. The van der Waals surface area contributed by atoms with Crippen molar-refractivity contribution < 1.29 is 9.15 Å². The third-order valence-electron chi connectivity index (χ3n) is 6.32. The van der Waals surface area contributed by atoms with Gasteiger partial charge in [0.1, 0.15) is 23.3 Å². The van der Waals surface area contributed by atoms with Crippen molar-refractivity contribution in [2.75, 3.05) is 4.90 Å². The molecule has 188 valence electrons. The van der Waals surface area contributed by atoms with Crippen molar-refractivity contribution in [3.63, 3.8) is 0 Å². The van der Waals surface area contributed by atoms with Gasteiger partial charge in [-0.15, -0.1) is 0 Å². The maximum absolute atomic E-state index is 6.43. The molecule has 1 aliphatic rings. The lowest BCUT2D eigenvalue weighted by Crippen LogP contribution is -2.29. The zero-order valence-corrected chi connectivity index (χ0v) is 22.3. The molecule has 0 saturated carbocycles. The number of anilines is 1. The van der Waals surface area contributed by atoms with Crippen molar-refractivity contribution in [2.45, 2.75) is 29.0 Å². The van der Waals surface area contributed by atoms with Crippen molar-refractivity contribution in [1.82, 2.24) is 10.3 Å². The quantitative estimate of drug-likeness (QED) is 0.211. The number of aromatic nitrogens is 1. The molecule has 1 N–H and O–H groups in total. The fourth-order valence-corrected chi connectivity index (χ4v) is 5.62. The second-order valence-electron chi connectivity index (χ2n) is 8.98. The largest absolute Gasteiger partial charge is 0.457 e. The summed E-state index contributed by atoms with van der Waals surface area (Å²) in [5.74, 6) is 2.36. The predicted octanol–water partition coefficient (Wildman–Crippen LogP) is 8.10. The van der Waals surface area contributed by atoms with Crippen LogP contribution in [0.1, 0.15) is 29.1 Å². The molecule has 0 bridgehead atoms. The summed E-state index contributed by atoms with van der Waals surface area (Å²) in [5, 5.41) is 4.93. The average Bonchev–Trinajstić information content (AvgIpc) is 3.55. The topological polar surface area (TPSA) is 50.5 Å². The van der Waals surface area contributed by atoms with E-state index in [1.165, 1.54) is 5.56 Å². The highest BCUT2D eigenvalue weighted by atomic mass is 32.2. The van der Waals surface area contributed by atoms with Crippen LogP contribution in [0.25, 0.3) is 0 Å². The molecule has 3 heterocycles. The van der Waals surface area contributed by atoms with Crippen LogP contribution in [0.2, 0.25) is 0 Å². The Labute approximate surface area is 231 Å². The Morgan fingerprint density at radius 2 is 1.58 bits per heavy atom. The molecule has 0 unspecified atom stereocenters. The maximum Gasteiger partial charge on any atom is 0.174 e. The van der Waals surface area contributed by atoms with Gasteiger partial charge >= 0.3 is 0 Å². The fraction of sp³-hybridized carbons (Fsp3) is 0.0968. The minimum Gasteiger partial charge on any atom is -0.457 e. The smallest absolute Gasteiger partial charge is 0.174 e. The number of nitrogens with zero attached hydrogens (tertiary/aromatic N) is 2. The van der Waals surface area contributed by atoms with Gasteiger partial charge in [0.15, 0.2) is 10.2 Å². The first-order valence-corrected chi connectivity index (χ1v) is 13.5. The Morgan fingerprint density at radius 3 is 2.32 bits per heavy atom. The zero-order valence-electron chi connectivity index (χ0n) is 20.7. The van der Waals surface area contributed by atoms with E-state index < -0.39 is 0 Å². The molecule has 3 aromatic carbocycles. The third-order valence-corrected chi connectivity index (χ3v) is 7.57. The summed E-state index contributed by atoms with van der Waals surface area (Å²) in [5.41, 5.74) is 3.07. The minimum absolute atomic E-state index is 0.174. The highest BCUT2D eigenvalue weighted by Crippen LogP contribution is 2.43. The molecule has 0 spiro atoms. The van der Waals surface area contributed by atoms with Crippen LogP contribution >= 0.6 is 24.0 Å². The van der Waals surface area contributed by atoms with Gasteiger partial charge in [-0.25, -0.2) is 0 Å². The molecule has 1 saturated heterocycles. The number of pyridine rings is 1. The molecule has 6 rings (SSSR count). The van der Waals surface area contributed by atoms with Gasteiger partial charge in [0.05, 0.1) is 11.7 Å². The van der Waals surface area contributed by atoms with Gasteiger partial charge in [-0.1, -0.05) is 53.7 Å². The predicted molar refractivity (Wildman–Crippen MR) is 155 cm³/mol. The molecule has 2 atom stereocenters. The summed E-state index contributed by atoms with van der Waals surface area (Å²) in [4.78, 5) is 7.85. The van der Waals surface area contributed by atoms with Gasteiger partial charge < -0.3 is 19.4 Å². The highest BCUT2D eigenvalue weighted by Gasteiger charge is 2.42. The van der Waals surface area contributed by atoms with Crippen LogP contribution in [-0.4, -0.2) is 10.1 Å². The molecule has 0 amide bonds. The number of furan rings is 1. The van der Waals surface area contributed by atoms with E-state index in [-0.39, 0.29) is 12.1 Å². The van der Waals surface area contributed by atoms with Crippen LogP contribution in [0.4, 0.5) is 5.69 Å². The van der Waals surface area contributed by atoms with Gasteiger partial charge in [-0.05, 0) is 91.9 Å². The van der Waals surface area contributed by atoms with Crippen molar-refractivity contribution >= 4 is 34.8 Å². The van der Waals surface area contributed by atoms with E-state index >= 15 is 0 Å². The van der Waals surface area contributed by atoms with Gasteiger partial charge in [-0.3, -0.25) is 4.98 Å². The first-order chi connectivity index (χ1) is 18.6. The molecular weight excluding hydrogens is 510 g/mol. The normalized spacial score (nSPS) is 16.9. The lowest BCUT2D eigenvalue weighted by molar-refractivity contribution is 0.383. The SMILES string of the molecule is Cc1ccc(Sc2ccc([C@H]3[C@@H](c4ccccn4)NC(=S)N3c3ccc(Oc4ccccc4)cc3)o2)cc1. The van der Waals surface area contributed by atoms with Crippen LogP contribution in [0, 0.1) is 6.92 Å². The number of benzene rings is 3. The van der Waals surface area contributed by atoms with E-state index in [2.05, 4.69) is 46.4 Å². The third kappa shape index (κ3) is 5.16. The van der Waals surface area contributed by atoms with E-state index in [1.54, 1.807) is 18.0 Å². The minimum atomic E-state index is -0.217. The summed E-state index contributed by atoms with van der Waals surface area (Å²) in [7, 11) is 0. The van der Waals surface area contributed by atoms with Crippen LogP contribution < -0.4 is 15.0 Å². The first-order valence-electron chi connectivity index (χ1n) is 12.3. The van der Waals surface area contributed by atoms with Crippen molar-refractivity contribution in [3.8, 4) is 11.5 Å². The summed E-state index contributed by atoms with van der Waals surface area (Å²) >= 11 is 7.45. The van der Waals surface area contributed by atoms with E-state index in [1.807, 2.05) is 84.9 Å². The Bertz CT molecular complexity index is 1520. The van der Waals surface area contributed by atoms with Crippen molar-refractivity contribution in [3.05, 3.63) is 132 Å². The molecule has 0 aliphatic carbocycles. The molecular formula is C31H25N3O2S2. The van der Waals surface area contributed by atoms with Crippen molar-refractivity contribution in [1.29, 1.82) is 0 Å². The second kappa shape index (κ2) is 10.7. The second-order valence-corrected chi connectivity index (χ2v) is 10.4. The Hall–Kier alpha value is -4.07. The number of thiocarbonyl (C=S) groups is 1. The lowest BCUT2D eigenvalue weighted by Gasteiger charge is -2.26. The Kier molecular flexibility index (Phi) is 6.86. The fourth-order valence-electron chi connectivity index (χ4n) is 4.49. The number of ether oxygens (including phenoxy) is 1. The number of hydrogen-bond donors (Lipinski definition) is 1. The van der Waals surface area contributed by atoms with E-state index in [0.29, 0.717) is 5.11 Å². The number of aryl methyl sites for hydroxylation is 1. The Balaban J connectivity index is 1.31. The van der Waals surface area contributed by atoms with Crippen molar-refractivity contribution in [2.24, 2.45) is 0 Å².